The van der Waals surface area contributed by atoms with Gasteiger partial charge in [-0.25, -0.2) is 0 Å². The zero-order valence-corrected chi connectivity index (χ0v) is 9.12. The third-order valence-electron chi connectivity index (χ3n) is 1.57. The summed E-state index contributed by atoms with van der Waals surface area (Å²) in [5.41, 5.74) is 1.32. The van der Waals surface area contributed by atoms with Gasteiger partial charge >= 0.3 is 0 Å². The molecule has 1 rings (SSSR count). The Kier molecular flexibility index (Phi) is 3.02. The largest absolute Gasteiger partial charge is 0.143 e. The number of rotatable bonds is 1. The van der Waals surface area contributed by atoms with Crippen LogP contribution in [0.1, 0.15) is 25.3 Å². The van der Waals surface area contributed by atoms with E-state index in [2.05, 4.69) is 54.5 Å². The first kappa shape index (κ1) is 9.14. The number of hydrogen-bond acceptors (Lipinski definition) is 1. The van der Waals surface area contributed by atoms with Gasteiger partial charge in [0.15, 0.2) is 0 Å². The van der Waals surface area contributed by atoms with Gasteiger partial charge < -0.3 is 0 Å². The predicted molar refractivity (Wildman–Crippen MR) is 55.5 cm³/mol. The predicted octanol–water partition coefficient (Wildman–Crippen LogP) is 3.86. The molecule has 60 valence electrons. The first-order valence-corrected chi connectivity index (χ1v) is 4.83. The Hall–Kier alpha value is 0.0500. The van der Waals surface area contributed by atoms with E-state index in [9.17, 15) is 0 Å². The maximum absolute atomic E-state index is 4.29. The molecule has 2 heteroatoms. The normalized spacial score (nSPS) is 10.6. The van der Waals surface area contributed by atoms with Gasteiger partial charge in [-0.15, -0.1) is 12.6 Å². The zero-order chi connectivity index (χ0) is 8.43. The molecule has 1 aromatic rings. The van der Waals surface area contributed by atoms with Crippen molar-refractivity contribution in [3.05, 3.63) is 28.2 Å². The van der Waals surface area contributed by atoms with Crippen LogP contribution in [0.5, 0.6) is 0 Å². The Morgan fingerprint density at radius 2 is 1.91 bits per heavy atom. The molecule has 1 aromatic carbocycles. The minimum atomic E-state index is 0.568. The van der Waals surface area contributed by atoms with Gasteiger partial charge in [0.05, 0.1) is 0 Å². The van der Waals surface area contributed by atoms with Crippen molar-refractivity contribution >= 4 is 28.6 Å². The summed E-state index contributed by atoms with van der Waals surface area (Å²) >= 11 is 7.72. The number of thiol groups is 1. The van der Waals surface area contributed by atoms with Gasteiger partial charge in [-0.05, 0) is 29.7 Å². The molecule has 0 saturated carbocycles. The molecule has 0 amide bonds. The Morgan fingerprint density at radius 1 is 1.27 bits per heavy atom. The SMILES string of the molecule is CC(C)c1cc(S)cc(Br)c1. The minimum Gasteiger partial charge on any atom is -0.143 e. The van der Waals surface area contributed by atoms with Gasteiger partial charge in [0.1, 0.15) is 0 Å². The molecule has 0 fully saturated rings. The van der Waals surface area contributed by atoms with E-state index in [-0.39, 0.29) is 0 Å². The van der Waals surface area contributed by atoms with Gasteiger partial charge in [0.25, 0.3) is 0 Å². The summed E-state index contributed by atoms with van der Waals surface area (Å²) < 4.78 is 1.11. The van der Waals surface area contributed by atoms with Crippen LogP contribution in [0.15, 0.2) is 27.6 Å². The van der Waals surface area contributed by atoms with Crippen molar-refractivity contribution < 1.29 is 0 Å². The highest BCUT2D eigenvalue weighted by molar-refractivity contribution is 9.10. The fourth-order valence-corrected chi connectivity index (χ4v) is 1.91. The Morgan fingerprint density at radius 3 is 2.36 bits per heavy atom. The van der Waals surface area contributed by atoms with Crippen molar-refractivity contribution in [1.29, 1.82) is 0 Å². The van der Waals surface area contributed by atoms with Gasteiger partial charge in [-0.3, -0.25) is 0 Å². The molecule has 0 N–H and O–H groups in total. The maximum atomic E-state index is 4.29. The molecule has 0 nitrogen and oxygen atoms in total. The topological polar surface area (TPSA) is 0 Å². The van der Waals surface area contributed by atoms with Crippen molar-refractivity contribution in [1.82, 2.24) is 0 Å². The molecule has 11 heavy (non-hydrogen) atoms. The van der Waals surface area contributed by atoms with Crippen LogP contribution in [0, 0.1) is 0 Å². The molecular formula is C9H11BrS. The summed E-state index contributed by atoms with van der Waals surface area (Å²) in [6.07, 6.45) is 0. The molecule has 0 aliphatic carbocycles. The molecule has 0 bridgehead atoms. The van der Waals surface area contributed by atoms with E-state index in [1.807, 2.05) is 6.07 Å². The summed E-state index contributed by atoms with van der Waals surface area (Å²) in [5, 5.41) is 0. The minimum absolute atomic E-state index is 0.568. The van der Waals surface area contributed by atoms with E-state index in [1.54, 1.807) is 0 Å². The van der Waals surface area contributed by atoms with Crippen LogP contribution in [0.3, 0.4) is 0 Å². The summed E-state index contributed by atoms with van der Waals surface area (Å²) in [6, 6.07) is 6.22. The summed E-state index contributed by atoms with van der Waals surface area (Å²) in [5.74, 6) is 0.568. The lowest BCUT2D eigenvalue weighted by molar-refractivity contribution is 0.861. The molecule has 0 saturated heterocycles. The lowest BCUT2D eigenvalue weighted by Gasteiger charge is -2.06. The third kappa shape index (κ3) is 2.53. The number of benzene rings is 1. The van der Waals surface area contributed by atoms with E-state index in [1.165, 1.54) is 5.56 Å². The highest BCUT2D eigenvalue weighted by Gasteiger charge is 2.00. The maximum Gasteiger partial charge on any atom is 0.0189 e. The first-order valence-electron chi connectivity index (χ1n) is 3.59. The summed E-state index contributed by atoms with van der Waals surface area (Å²) in [6.45, 7) is 4.35. The van der Waals surface area contributed by atoms with Crippen LogP contribution in [0.4, 0.5) is 0 Å². The monoisotopic (exact) mass is 230 g/mol. The number of halogens is 1. The quantitative estimate of drug-likeness (QED) is 0.697. The highest BCUT2D eigenvalue weighted by Crippen LogP contribution is 2.23. The van der Waals surface area contributed by atoms with Crippen LogP contribution >= 0.6 is 28.6 Å². The molecule has 0 aromatic heterocycles. The van der Waals surface area contributed by atoms with Crippen LogP contribution in [-0.2, 0) is 0 Å². The standard InChI is InChI=1S/C9H11BrS/c1-6(2)7-3-8(10)5-9(11)4-7/h3-6,11H,1-2H3. The van der Waals surface area contributed by atoms with E-state index < -0.39 is 0 Å². The molecule has 0 unspecified atom stereocenters. The second-order valence-electron chi connectivity index (χ2n) is 2.90. The smallest absolute Gasteiger partial charge is 0.0189 e. The van der Waals surface area contributed by atoms with E-state index in [0.29, 0.717) is 5.92 Å². The Balaban J connectivity index is 3.08. The van der Waals surface area contributed by atoms with Crippen molar-refractivity contribution in [2.45, 2.75) is 24.7 Å². The molecule has 0 atom stereocenters. The van der Waals surface area contributed by atoms with Crippen LogP contribution < -0.4 is 0 Å². The zero-order valence-electron chi connectivity index (χ0n) is 6.63. The van der Waals surface area contributed by atoms with Gasteiger partial charge in [-0.1, -0.05) is 29.8 Å². The summed E-state index contributed by atoms with van der Waals surface area (Å²) in [7, 11) is 0. The van der Waals surface area contributed by atoms with Gasteiger partial charge in [-0.2, -0.15) is 0 Å². The van der Waals surface area contributed by atoms with Crippen LogP contribution in [0.2, 0.25) is 0 Å². The number of hydrogen-bond donors (Lipinski definition) is 1. The van der Waals surface area contributed by atoms with E-state index in [4.69, 9.17) is 0 Å². The summed E-state index contributed by atoms with van der Waals surface area (Å²) in [4.78, 5) is 1.02. The molecule has 0 spiro atoms. The second-order valence-corrected chi connectivity index (χ2v) is 4.33. The van der Waals surface area contributed by atoms with Gasteiger partial charge in [0, 0.05) is 9.37 Å². The highest BCUT2D eigenvalue weighted by atomic mass is 79.9. The third-order valence-corrected chi connectivity index (χ3v) is 2.29. The average Bonchev–Trinajstić information content (AvgIpc) is 1.85. The van der Waals surface area contributed by atoms with Crippen molar-refractivity contribution in [2.24, 2.45) is 0 Å². The molecule has 0 aliphatic heterocycles. The van der Waals surface area contributed by atoms with Gasteiger partial charge in [0.2, 0.25) is 0 Å². The van der Waals surface area contributed by atoms with Crippen LogP contribution in [-0.4, -0.2) is 0 Å². The fourth-order valence-electron chi connectivity index (χ4n) is 0.930. The van der Waals surface area contributed by atoms with E-state index in [0.717, 1.165) is 9.37 Å². The Labute approximate surface area is 81.5 Å². The van der Waals surface area contributed by atoms with E-state index >= 15 is 0 Å². The molecule has 0 heterocycles. The molecule has 0 radical (unpaired) electrons. The Bertz CT molecular complexity index is 235. The molecule has 0 aliphatic rings. The lowest BCUT2D eigenvalue weighted by Crippen LogP contribution is -1.86. The van der Waals surface area contributed by atoms with Crippen molar-refractivity contribution in [2.75, 3.05) is 0 Å². The van der Waals surface area contributed by atoms with Crippen LogP contribution in [0.25, 0.3) is 0 Å². The molecular weight excluding hydrogens is 220 g/mol. The second kappa shape index (κ2) is 3.63. The fraction of sp³-hybridized carbons (Fsp3) is 0.333. The van der Waals surface area contributed by atoms with Crippen molar-refractivity contribution in [3.63, 3.8) is 0 Å². The first-order chi connectivity index (χ1) is 5.09. The van der Waals surface area contributed by atoms with Crippen molar-refractivity contribution in [3.8, 4) is 0 Å². The average molecular weight is 231 g/mol. The lowest BCUT2D eigenvalue weighted by atomic mass is 10.0.